The Morgan fingerprint density at radius 1 is 1.44 bits per heavy atom. The molecular weight excluding hydrogens is 237 g/mol. The van der Waals surface area contributed by atoms with E-state index in [0.29, 0.717) is 25.3 Å². The maximum absolute atomic E-state index is 12.7. The molecule has 0 saturated carbocycles. The molecule has 0 bridgehead atoms. The van der Waals surface area contributed by atoms with E-state index in [1.165, 1.54) is 12.1 Å². The number of rotatable bonds is 5. The lowest BCUT2D eigenvalue weighted by molar-refractivity contribution is -0.142. The first kappa shape index (κ1) is 12.8. The van der Waals surface area contributed by atoms with Crippen molar-refractivity contribution in [1.82, 2.24) is 4.90 Å². The summed E-state index contributed by atoms with van der Waals surface area (Å²) in [5, 5.41) is 9.01. The van der Waals surface area contributed by atoms with E-state index in [2.05, 4.69) is 0 Å². The molecule has 0 aliphatic carbocycles. The minimum absolute atomic E-state index is 0.298. The fourth-order valence-corrected chi connectivity index (χ4v) is 2.19. The Labute approximate surface area is 105 Å². The first-order valence-electron chi connectivity index (χ1n) is 6.02. The first-order valence-corrected chi connectivity index (χ1v) is 6.02. The van der Waals surface area contributed by atoms with Crippen LogP contribution in [0.1, 0.15) is 12.8 Å². The lowest BCUT2D eigenvalue weighted by Crippen LogP contribution is -2.38. The van der Waals surface area contributed by atoms with Crippen LogP contribution in [0.2, 0.25) is 0 Å². The Bertz CT molecular complexity index is 407. The fourth-order valence-electron chi connectivity index (χ4n) is 2.19. The predicted molar refractivity (Wildman–Crippen MR) is 64.1 cm³/mol. The Balaban J connectivity index is 1.78. The predicted octanol–water partition coefficient (Wildman–Crippen LogP) is 1.75. The van der Waals surface area contributed by atoms with Crippen LogP contribution in [0.15, 0.2) is 24.3 Å². The normalized spacial score (nSPS) is 19.9. The van der Waals surface area contributed by atoms with Crippen LogP contribution in [0.3, 0.4) is 0 Å². The Morgan fingerprint density at radius 2 is 2.17 bits per heavy atom. The number of likely N-dealkylation sites (tertiary alicyclic amines) is 1. The lowest BCUT2D eigenvalue weighted by Gasteiger charge is -2.20. The van der Waals surface area contributed by atoms with Crippen LogP contribution in [-0.4, -0.2) is 41.7 Å². The molecule has 0 aromatic heterocycles. The number of carbonyl (C=O) groups is 1. The third-order valence-electron chi connectivity index (χ3n) is 3.11. The van der Waals surface area contributed by atoms with Gasteiger partial charge in [0, 0.05) is 6.54 Å². The molecule has 1 N–H and O–H groups in total. The highest BCUT2D eigenvalue weighted by molar-refractivity contribution is 5.73. The van der Waals surface area contributed by atoms with Crippen LogP contribution in [-0.2, 0) is 4.79 Å². The van der Waals surface area contributed by atoms with Crippen LogP contribution in [0.4, 0.5) is 4.39 Å². The maximum Gasteiger partial charge on any atom is 0.320 e. The molecule has 5 heteroatoms. The van der Waals surface area contributed by atoms with Crippen molar-refractivity contribution in [3.8, 4) is 5.75 Å². The van der Waals surface area contributed by atoms with Gasteiger partial charge < -0.3 is 9.84 Å². The molecule has 1 aromatic carbocycles. The summed E-state index contributed by atoms with van der Waals surface area (Å²) in [5.41, 5.74) is 0. The molecule has 1 atom stereocenters. The maximum atomic E-state index is 12.7. The number of hydrogen-bond donors (Lipinski definition) is 1. The highest BCUT2D eigenvalue weighted by Crippen LogP contribution is 2.17. The molecule has 2 rings (SSSR count). The van der Waals surface area contributed by atoms with Crippen molar-refractivity contribution < 1.29 is 19.0 Å². The fraction of sp³-hybridized carbons (Fsp3) is 0.462. The van der Waals surface area contributed by atoms with Gasteiger partial charge in [-0.25, -0.2) is 4.39 Å². The van der Waals surface area contributed by atoms with Crippen LogP contribution in [0, 0.1) is 5.82 Å². The molecule has 0 unspecified atom stereocenters. The second-order valence-electron chi connectivity index (χ2n) is 4.33. The van der Waals surface area contributed by atoms with Gasteiger partial charge in [-0.3, -0.25) is 9.69 Å². The molecule has 1 fully saturated rings. The summed E-state index contributed by atoms with van der Waals surface area (Å²) in [6.07, 6.45) is 1.61. The van der Waals surface area contributed by atoms with Crippen LogP contribution < -0.4 is 4.74 Å². The number of halogens is 1. The van der Waals surface area contributed by atoms with E-state index < -0.39 is 5.97 Å². The molecule has 4 nitrogen and oxygen atoms in total. The molecule has 1 saturated heterocycles. The summed E-state index contributed by atoms with van der Waals surface area (Å²) < 4.78 is 18.1. The molecular formula is C13H16FNO3. The number of nitrogens with zero attached hydrogens (tertiary/aromatic N) is 1. The second kappa shape index (κ2) is 5.82. The summed E-state index contributed by atoms with van der Waals surface area (Å²) >= 11 is 0. The van der Waals surface area contributed by atoms with Crippen molar-refractivity contribution in [2.75, 3.05) is 19.7 Å². The monoisotopic (exact) mass is 253 g/mol. The van der Waals surface area contributed by atoms with Gasteiger partial charge in [0.2, 0.25) is 0 Å². The standard InChI is InChI=1S/C13H16FNO3/c14-10-3-5-11(6-4-10)18-9-8-15-7-1-2-12(15)13(16)17/h3-6,12H,1-2,7-9H2,(H,16,17)/t12-/m0/s1. The van der Waals surface area contributed by atoms with Gasteiger partial charge >= 0.3 is 5.97 Å². The van der Waals surface area contributed by atoms with Gasteiger partial charge in [-0.1, -0.05) is 0 Å². The molecule has 0 spiro atoms. The molecule has 1 aromatic rings. The van der Waals surface area contributed by atoms with Gasteiger partial charge in [-0.2, -0.15) is 0 Å². The van der Waals surface area contributed by atoms with E-state index in [4.69, 9.17) is 9.84 Å². The molecule has 98 valence electrons. The van der Waals surface area contributed by atoms with Crippen LogP contribution >= 0.6 is 0 Å². The van der Waals surface area contributed by atoms with E-state index in [9.17, 15) is 9.18 Å². The topological polar surface area (TPSA) is 49.8 Å². The van der Waals surface area contributed by atoms with Crippen molar-refractivity contribution in [3.05, 3.63) is 30.1 Å². The molecule has 1 aliphatic heterocycles. The number of carboxylic acids is 1. The van der Waals surface area contributed by atoms with Gasteiger partial charge in [0.1, 0.15) is 24.2 Å². The average Bonchev–Trinajstić information content (AvgIpc) is 2.80. The van der Waals surface area contributed by atoms with Crippen LogP contribution in [0.25, 0.3) is 0 Å². The van der Waals surface area contributed by atoms with E-state index in [0.717, 1.165) is 13.0 Å². The van der Waals surface area contributed by atoms with Crippen molar-refractivity contribution in [1.29, 1.82) is 0 Å². The average molecular weight is 253 g/mol. The van der Waals surface area contributed by atoms with Crippen molar-refractivity contribution in [2.45, 2.75) is 18.9 Å². The zero-order valence-corrected chi connectivity index (χ0v) is 10.0. The zero-order valence-electron chi connectivity index (χ0n) is 10.0. The van der Waals surface area contributed by atoms with Gasteiger partial charge in [-0.15, -0.1) is 0 Å². The Morgan fingerprint density at radius 3 is 2.83 bits per heavy atom. The SMILES string of the molecule is O=C(O)[C@@H]1CCCN1CCOc1ccc(F)cc1. The summed E-state index contributed by atoms with van der Waals surface area (Å²) in [7, 11) is 0. The number of ether oxygens (including phenoxy) is 1. The van der Waals surface area contributed by atoms with Gasteiger partial charge in [0.15, 0.2) is 0 Å². The number of hydrogen-bond acceptors (Lipinski definition) is 3. The molecule has 18 heavy (non-hydrogen) atoms. The summed E-state index contributed by atoms with van der Waals surface area (Å²) in [6.45, 7) is 1.79. The van der Waals surface area contributed by atoms with Gasteiger partial charge in [-0.05, 0) is 43.7 Å². The molecule has 1 heterocycles. The molecule has 1 aliphatic rings. The van der Waals surface area contributed by atoms with E-state index in [1.807, 2.05) is 4.90 Å². The highest BCUT2D eigenvalue weighted by Gasteiger charge is 2.29. The van der Waals surface area contributed by atoms with Crippen molar-refractivity contribution >= 4 is 5.97 Å². The number of aliphatic carboxylic acids is 1. The Hall–Kier alpha value is -1.62. The van der Waals surface area contributed by atoms with Crippen LogP contribution in [0.5, 0.6) is 5.75 Å². The summed E-state index contributed by atoms with van der Waals surface area (Å²) in [6, 6.07) is 5.42. The summed E-state index contributed by atoms with van der Waals surface area (Å²) in [5.74, 6) is -0.468. The Kier molecular flexibility index (Phi) is 4.15. The number of benzene rings is 1. The van der Waals surface area contributed by atoms with E-state index in [1.54, 1.807) is 12.1 Å². The molecule has 0 radical (unpaired) electrons. The third kappa shape index (κ3) is 3.20. The highest BCUT2D eigenvalue weighted by atomic mass is 19.1. The second-order valence-corrected chi connectivity index (χ2v) is 4.33. The van der Waals surface area contributed by atoms with Crippen molar-refractivity contribution in [3.63, 3.8) is 0 Å². The number of carboxylic acid groups (broad SMARTS) is 1. The minimum atomic E-state index is -0.769. The largest absolute Gasteiger partial charge is 0.492 e. The lowest BCUT2D eigenvalue weighted by atomic mass is 10.2. The van der Waals surface area contributed by atoms with Crippen molar-refractivity contribution in [2.24, 2.45) is 0 Å². The molecule has 0 amide bonds. The quantitative estimate of drug-likeness (QED) is 0.868. The van der Waals surface area contributed by atoms with Gasteiger partial charge in [0.25, 0.3) is 0 Å². The zero-order chi connectivity index (χ0) is 13.0. The minimum Gasteiger partial charge on any atom is -0.492 e. The van der Waals surface area contributed by atoms with E-state index in [-0.39, 0.29) is 11.9 Å². The smallest absolute Gasteiger partial charge is 0.320 e. The third-order valence-corrected chi connectivity index (χ3v) is 3.11. The van der Waals surface area contributed by atoms with E-state index >= 15 is 0 Å². The van der Waals surface area contributed by atoms with Gasteiger partial charge in [0.05, 0.1) is 0 Å². The summed E-state index contributed by atoms with van der Waals surface area (Å²) in [4.78, 5) is 12.9. The first-order chi connectivity index (χ1) is 8.66.